The molecule has 0 aliphatic heterocycles. The number of halogens is 6. The van der Waals surface area contributed by atoms with Gasteiger partial charge in [0.25, 0.3) is 0 Å². The van der Waals surface area contributed by atoms with E-state index in [1.165, 1.54) is 5.56 Å². The zero-order chi connectivity index (χ0) is 25.7. The summed E-state index contributed by atoms with van der Waals surface area (Å²) in [5.74, 6) is -0.405. The second kappa shape index (κ2) is 10.8. The molecule has 0 amide bonds. The Labute approximate surface area is 197 Å². The molecule has 186 valence electrons. The van der Waals surface area contributed by atoms with Gasteiger partial charge in [0, 0.05) is 12.6 Å². The van der Waals surface area contributed by atoms with E-state index in [4.69, 9.17) is 0 Å². The standard InChI is InChI=1S/C26H30F6N2/c1-18(2)24(17-33,14-12-19(3)34(4)15-13-20-8-6-5-7-9-20)21-10-11-22(25(27,28)29)23(16-21)26(30,31)32/h5-11,16,18-19H,12-15H2,1-4H3. The summed E-state index contributed by atoms with van der Waals surface area (Å²) in [5.41, 5.74) is -3.71. The van der Waals surface area contributed by atoms with Gasteiger partial charge in [0.2, 0.25) is 0 Å². The first-order chi connectivity index (χ1) is 15.7. The molecule has 2 unspecified atom stereocenters. The van der Waals surface area contributed by atoms with Crippen LogP contribution in [0, 0.1) is 17.2 Å². The molecule has 2 nitrogen and oxygen atoms in total. The van der Waals surface area contributed by atoms with E-state index in [1.807, 2.05) is 44.3 Å². The van der Waals surface area contributed by atoms with Crippen molar-refractivity contribution in [2.24, 2.45) is 5.92 Å². The van der Waals surface area contributed by atoms with Crippen molar-refractivity contribution in [1.29, 1.82) is 5.26 Å². The van der Waals surface area contributed by atoms with Gasteiger partial charge in [-0.1, -0.05) is 50.2 Å². The second-order valence-corrected chi connectivity index (χ2v) is 9.10. The zero-order valence-corrected chi connectivity index (χ0v) is 19.8. The van der Waals surface area contributed by atoms with Gasteiger partial charge in [0.1, 0.15) is 0 Å². The Morgan fingerprint density at radius 1 is 0.882 bits per heavy atom. The molecule has 0 N–H and O–H groups in total. The van der Waals surface area contributed by atoms with Gasteiger partial charge in [0.15, 0.2) is 0 Å². The molecule has 2 aromatic rings. The van der Waals surface area contributed by atoms with Crippen molar-refractivity contribution >= 4 is 0 Å². The first kappa shape index (κ1) is 27.7. The van der Waals surface area contributed by atoms with Gasteiger partial charge in [-0.25, -0.2) is 0 Å². The lowest BCUT2D eigenvalue weighted by molar-refractivity contribution is -0.162. The molecule has 8 heteroatoms. The summed E-state index contributed by atoms with van der Waals surface area (Å²) in [6.07, 6.45) is -8.79. The number of nitriles is 1. The van der Waals surface area contributed by atoms with Crippen molar-refractivity contribution in [2.45, 2.75) is 63.8 Å². The Hall–Kier alpha value is -2.53. The molecule has 0 spiro atoms. The molecule has 2 atom stereocenters. The average Bonchev–Trinajstić information content (AvgIpc) is 2.77. The number of nitrogens with zero attached hydrogens (tertiary/aromatic N) is 2. The molecule has 0 bridgehead atoms. The fourth-order valence-corrected chi connectivity index (χ4v) is 4.15. The van der Waals surface area contributed by atoms with Crippen LogP contribution in [0.5, 0.6) is 0 Å². The average molecular weight is 485 g/mol. The normalized spacial score (nSPS) is 15.3. The number of likely N-dealkylation sites (N-methyl/N-ethyl adjacent to an activating group) is 1. The number of alkyl halides is 6. The summed E-state index contributed by atoms with van der Waals surface area (Å²) in [6.45, 7) is 6.14. The molecular weight excluding hydrogens is 454 g/mol. The lowest BCUT2D eigenvalue weighted by Gasteiger charge is -2.35. The van der Waals surface area contributed by atoms with E-state index >= 15 is 0 Å². The van der Waals surface area contributed by atoms with E-state index in [1.54, 1.807) is 13.8 Å². The summed E-state index contributed by atoms with van der Waals surface area (Å²) < 4.78 is 80.2. The molecule has 2 aromatic carbocycles. The summed E-state index contributed by atoms with van der Waals surface area (Å²) in [5, 5.41) is 10.1. The monoisotopic (exact) mass is 484 g/mol. The van der Waals surface area contributed by atoms with Crippen molar-refractivity contribution in [3.8, 4) is 6.07 Å². The maximum Gasteiger partial charge on any atom is 0.417 e. The minimum Gasteiger partial charge on any atom is -0.303 e. The van der Waals surface area contributed by atoms with Crippen LogP contribution >= 0.6 is 0 Å². The minimum absolute atomic E-state index is 0.0201. The number of rotatable bonds is 9. The molecule has 0 saturated carbocycles. The van der Waals surface area contributed by atoms with Crippen molar-refractivity contribution < 1.29 is 26.3 Å². The summed E-state index contributed by atoms with van der Waals surface area (Å²) >= 11 is 0. The van der Waals surface area contributed by atoms with Crippen LogP contribution in [0.2, 0.25) is 0 Å². The van der Waals surface area contributed by atoms with E-state index in [-0.39, 0.29) is 18.0 Å². The fraction of sp³-hybridized carbons (Fsp3) is 0.500. The quantitative estimate of drug-likeness (QED) is 0.345. The van der Waals surface area contributed by atoms with Crippen LogP contribution in [-0.2, 0) is 24.2 Å². The number of hydrogen-bond acceptors (Lipinski definition) is 2. The highest BCUT2D eigenvalue weighted by Gasteiger charge is 2.45. The van der Waals surface area contributed by atoms with Gasteiger partial charge in [-0.15, -0.1) is 0 Å². The van der Waals surface area contributed by atoms with Crippen LogP contribution in [0.3, 0.4) is 0 Å². The maximum absolute atomic E-state index is 13.5. The zero-order valence-electron chi connectivity index (χ0n) is 19.8. The predicted molar refractivity (Wildman–Crippen MR) is 120 cm³/mol. The van der Waals surface area contributed by atoms with Gasteiger partial charge < -0.3 is 4.90 Å². The smallest absolute Gasteiger partial charge is 0.303 e. The topological polar surface area (TPSA) is 27.0 Å². The Morgan fingerprint density at radius 3 is 1.97 bits per heavy atom. The predicted octanol–water partition coefficient (Wildman–Crippen LogP) is 7.48. The highest BCUT2D eigenvalue weighted by Crippen LogP contribution is 2.44. The third kappa shape index (κ3) is 6.53. The summed E-state index contributed by atoms with van der Waals surface area (Å²) in [4.78, 5) is 2.11. The third-order valence-corrected chi connectivity index (χ3v) is 6.64. The molecule has 0 aromatic heterocycles. The molecule has 0 heterocycles. The SMILES string of the molecule is CC(CCC(C#N)(c1ccc(C(F)(F)F)c(C(F)(F)F)c1)C(C)C)N(C)CCc1ccccc1. The second-order valence-electron chi connectivity index (χ2n) is 9.10. The third-order valence-electron chi connectivity index (χ3n) is 6.64. The first-order valence-corrected chi connectivity index (χ1v) is 11.2. The van der Waals surface area contributed by atoms with Crippen molar-refractivity contribution in [3.63, 3.8) is 0 Å². The van der Waals surface area contributed by atoms with Gasteiger partial charge in [0.05, 0.1) is 22.6 Å². The van der Waals surface area contributed by atoms with Gasteiger partial charge in [-0.05, 0) is 62.4 Å². The first-order valence-electron chi connectivity index (χ1n) is 11.2. The number of benzene rings is 2. The van der Waals surface area contributed by atoms with E-state index in [0.717, 1.165) is 19.0 Å². The van der Waals surface area contributed by atoms with E-state index in [2.05, 4.69) is 11.0 Å². The van der Waals surface area contributed by atoms with Gasteiger partial charge >= 0.3 is 12.4 Å². The molecule has 0 fully saturated rings. The lowest BCUT2D eigenvalue weighted by Crippen LogP contribution is -2.36. The molecule has 0 aliphatic carbocycles. The van der Waals surface area contributed by atoms with Crippen LogP contribution in [0.25, 0.3) is 0 Å². The van der Waals surface area contributed by atoms with Crippen molar-refractivity contribution in [1.82, 2.24) is 4.90 Å². The van der Waals surface area contributed by atoms with Crippen LogP contribution in [-0.4, -0.2) is 24.5 Å². The van der Waals surface area contributed by atoms with Crippen molar-refractivity contribution in [3.05, 3.63) is 70.8 Å². The molecular formula is C26H30F6N2. The maximum atomic E-state index is 13.5. The van der Waals surface area contributed by atoms with Crippen LogP contribution in [0.1, 0.15) is 55.9 Å². The molecule has 0 radical (unpaired) electrons. The van der Waals surface area contributed by atoms with E-state index < -0.39 is 34.8 Å². The van der Waals surface area contributed by atoms with E-state index in [9.17, 15) is 31.6 Å². The molecule has 2 rings (SSSR count). The molecule has 0 aliphatic rings. The lowest BCUT2D eigenvalue weighted by atomic mass is 9.68. The van der Waals surface area contributed by atoms with Crippen molar-refractivity contribution in [2.75, 3.05) is 13.6 Å². The highest BCUT2D eigenvalue weighted by molar-refractivity contribution is 5.42. The Bertz CT molecular complexity index is 976. The highest BCUT2D eigenvalue weighted by atomic mass is 19.4. The Balaban J connectivity index is 2.28. The summed E-state index contributed by atoms with van der Waals surface area (Å²) in [7, 11) is 1.94. The van der Waals surface area contributed by atoms with Crippen LogP contribution in [0.15, 0.2) is 48.5 Å². The van der Waals surface area contributed by atoms with Gasteiger partial charge in [-0.3, -0.25) is 0 Å². The van der Waals surface area contributed by atoms with E-state index in [0.29, 0.717) is 18.6 Å². The Kier molecular flexibility index (Phi) is 8.81. The molecule has 0 saturated heterocycles. The number of hydrogen-bond donors (Lipinski definition) is 0. The Morgan fingerprint density at radius 2 is 1.47 bits per heavy atom. The van der Waals surface area contributed by atoms with Crippen LogP contribution in [0.4, 0.5) is 26.3 Å². The minimum atomic E-state index is -5.19. The van der Waals surface area contributed by atoms with Crippen LogP contribution < -0.4 is 0 Å². The summed E-state index contributed by atoms with van der Waals surface area (Å²) in [6, 6.07) is 14.1. The molecule has 34 heavy (non-hydrogen) atoms. The van der Waals surface area contributed by atoms with Gasteiger partial charge in [-0.2, -0.15) is 31.6 Å². The largest absolute Gasteiger partial charge is 0.417 e. The fourth-order valence-electron chi connectivity index (χ4n) is 4.15.